The highest BCUT2D eigenvalue weighted by Gasteiger charge is 2.20. The molecule has 0 aliphatic heterocycles. The standard InChI is InChI=1S/C51H29N3OS2/c1-3-12-30(13-4-1)49-52-50(31-14-5-2-6-15-31)54-51(53-49)40-19-11-18-38-37-24-22-33(29-45(37)57-47(38)40)34-25-26-35(48-46(34)39-17-8-10-21-44(39)56-48)32-23-27-43-41(28-32)36-16-7-9-20-42(36)55-43/h1-29H. The van der Waals surface area contributed by atoms with Gasteiger partial charge in [0.15, 0.2) is 17.5 Å². The molecule has 0 amide bonds. The summed E-state index contributed by atoms with van der Waals surface area (Å²) >= 11 is 3.67. The molecule has 0 spiro atoms. The Kier molecular flexibility index (Phi) is 7.24. The lowest BCUT2D eigenvalue weighted by atomic mass is 9.94. The maximum atomic E-state index is 6.19. The molecule has 0 aliphatic carbocycles. The molecule has 0 aliphatic rings. The van der Waals surface area contributed by atoms with Crippen LogP contribution in [0.4, 0.5) is 0 Å². The molecule has 4 aromatic heterocycles. The van der Waals surface area contributed by atoms with Crippen LogP contribution in [0.5, 0.6) is 0 Å². The molecule has 12 aromatic rings. The van der Waals surface area contributed by atoms with Crippen molar-refractivity contribution in [2.24, 2.45) is 0 Å². The van der Waals surface area contributed by atoms with Crippen molar-refractivity contribution in [2.45, 2.75) is 0 Å². The van der Waals surface area contributed by atoms with Crippen LogP contribution in [0, 0.1) is 0 Å². The van der Waals surface area contributed by atoms with Crippen molar-refractivity contribution in [1.82, 2.24) is 15.0 Å². The van der Waals surface area contributed by atoms with Crippen LogP contribution in [0.15, 0.2) is 180 Å². The molecule has 0 bridgehead atoms. The summed E-state index contributed by atoms with van der Waals surface area (Å²) in [4.78, 5) is 15.1. The lowest BCUT2D eigenvalue weighted by molar-refractivity contribution is 0.669. The van der Waals surface area contributed by atoms with Crippen molar-refractivity contribution in [1.29, 1.82) is 0 Å². The van der Waals surface area contributed by atoms with Crippen molar-refractivity contribution < 1.29 is 4.42 Å². The molecule has 266 valence electrons. The summed E-state index contributed by atoms with van der Waals surface area (Å²) in [6.07, 6.45) is 0. The molecular formula is C51H29N3OS2. The van der Waals surface area contributed by atoms with E-state index >= 15 is 0 Å². The zero-order chi connectivity index (χ0) is 37.5. The summed E-state index contributed by atoms with van der Waals surface area (Å²) in [5.41, 5.74) is 9.60. The highest BCUT2D eigenvalue weighted by atomic mass is 32.1. The van der Waals surface area contributed by atoms with Gasteiger partial charge in [-0.3, -0.25) is 0 Å². The normalized spacial score (nSPS) is 11.9. The summed E-state index contributed by atoms with van der Waals surface area (Å²) in [6, 6.07) is 62.0. The highest BCUT2D eigenvalue weighted by Crippen LogP contribution is 2.47. The second-order valence-corrected chi connectivity index (χ2v) is 16.4. The minimum Gasteiger partial charge on any atom is -0.456 e. The van der Waals surface area contributed by atoms with E-state index in [0.717, 1.165) is 43.3 Å². The first-order valence-electron chi connectivity index (χ1n) is 18.9. The summed E-state index contributed by atoms with van der Waals surface area (Å²) in [5, 5.41) is 7.28. The van der Waals surface area contributed by atoms with E-state index in [1.807, 2.05) is 59.9 Å². The van der Waals surface area contributed by atoms with Gasteiger partial charge in [-0.15, -0.1) is 22.7 Å². The Hall–Kier alpha value is -6.99. The van der Waals surface area contributed by atoms with Gasteiger partial charge in [-0.25, -0.2) is 15.0 Å². The molecule has 0 saturated carbocycles. The predicted molar refractivity (Wildman–Crippen MR) is 240 cm³/mol. The molecule has 4 nitrogen and oxygen atoms in total. The van der Waals surface area contributed by atoms with E-state index in [4.69, 9.17) is 19.4 Å². The van der Waals surface area contributed by atoms with Crippen molar-refractivity contribution in [3.63, 3.8) is 0 Å². The van der Waals surface area contributed by atoms with Crippen molar-refractivity contribution in [3.05, 3.63) is 176 Å². The predicted octanol–water partition coefficient (Wildman–Crippen LogP) is 14.8. The zero-order valence-electron chi connectivity index (χ0n) is 30.3. The maximum Gasteiger partial charge on any atom is 0.165 e. The number of para-hydroxylation sites is 1. The molecule has 57 heavy (non-hydrogen) atoms. The molecule has 0 atom stereocenters. The monoisotopic (exact) mass is 763 g/mol. The Bertz CT molecular complexity index is 3470. The second-order valence-electron chi connectivity index (χ2n) is 14.3. The lowest BCUT2D eigenvalue weighted by Crippen LogP contribution is -2.00. The Balaban J connectivity index is 1.02. The topological polar surface area (TPSA) is 51.8 Å². The van der Waals surface area contributed by atoms with Gasteiger partial charge in [-0.1, -0.05) is 140 Å². The van der Waals surface area contributed by atoms with Gasteiger partial charge in [0, 0.05) is 67.8 Å². The Morgan fingerprint density at radius 2 is 0.947 bits per heavy atom. The van der Waals surface area contributed by atoms with Crippen LogP contribution >= 0.6 is 22.7 Å². The van der Waals surface area contributed by atoms with E-state index in [0.29, 0.717) is 17.5 Å². The van der Waals surface area contributed by atoms with Crippen LogP contribution in [0.2, 0.25) is 0 Å². The Labute approximate surface area is 335 Å². The average molecular weight is 764 g/mol. The molecule has 0 saturated heterocycles. The number of thiophene rings is 2. The molecule has 6 heteroatoms. The van der Waals surface area contributed by atoms with E-state index in [1.54, 1.807) is 11.3 Å². The van der Waals surface area contributed by atoms with Crippen LogP contribution in [0.3, 0.4) is 0 Å². The number of aromatic nitrogens is 3. The van der Waals surface area contributed by atoms with Gasteiger partial charge in [0.25, 0.3) is 0 Å². The minimum absolute atomic E-state index is 0.661. The number of fused-ring (bicyclic) bond motifs is 9. The minimum atomic E-state index is 0.661. The van der Waals surface area contributed by atoms with Gasteiger partial charge in [-0.05, 0) is 58.7 Å². The molecule has 12 rings (SSSR count). The molecular weight excluding hydrogens is 735 g/mol. The third-order valence-electron chi connectivity index (χ3n) is 11.0. The Morgan fingerprint density at radius 3 is 1.75 bits per heavy atom. The zero-order valence-corrected chi connectivity index (χ0v) is 31.9. The van der Waals surface area contributed by atoms with E-state index in [2.05, 4.69) is 127 Å². The first kappa shape index (κ1) is 32.3. The summed E-state index contributed by atoms with van der Waals surface area (Å²) in [5.74, 6) is 1.99. The van der Waals surface area contributed by atoms with Gasteiger partial charge >= 0.3 is 0 Å². The van der Waals surface area contributed by atoms with Crippen LogP contribution in [0.1, 0.15) is 0 Å². The molecule has 0 unspecified atom stereocenters. The summed E-state index contributed by atoms with van der Waals surface area (Å²) in [6.45, 7) is 0. The fourth-order valence-corrected chi connectivity index (χ4v) is 10.8. The average Bonchev–Trinajstić information content (AvgIpc) is 3.98. The lowest BCUT2D eigenvalue weighted by Gasteiger charge is -2.10. The largest absolute Gasteiger partial charge is 0.456 e. The van der Waals surface area contributed by atoms with Gasteiger partial charge in [0.1, 0.15) is 11.2 Å². The molecule has 4 heterocycles. The van der Waals surface area contributed by atoms with E-state index in [9.17, 15) is 0 Å². The molecule has 0 radical (unpaired) electrons. The smallest absolute Gasteiger partial charge is 0.165 e. The van der Waals surface area contributed by atoms with Gasteiger partial charge in [-0.2, -0.15) is 0 Å². The number of hydrogen-bond acceptors (Lipinski definition) is 6. The number of furan rings is 1. The SMILES string of the molecule is c1ccc(-c2nc(-c3ccccc3)nc(-c3cccc4c3sc3cc(-c5ccc(-c6ccc7oc8ccccc8c7c6)c6sc7ccccc7c56)ccc34)n2)cc1. The number of rotatable bonds is 5. The van der Waals surface area contributed by atoms with Crippen molar-refractivity contribution in [3.8, 4) is 56.4 Å². The summed E-state index contributed by atoms with van der Waals surface area (Å²) in [7, 11) is 0. The number of benzene rings is 8. The third-order valence-corrected chi connectivity index (χ3v) is 13.4. The van der Waals surface area contributed by atoms with Crippen molar-refractivity contribution in [2.75, 3.05) is 0 Å². The van der Waals surface area contributed by atoms with Crippen LogP contribution in [-0.2, 0) is 0 Å². The van der Waals surface area contributed by atoms with Crippen molar-refractivity contribution >= 4 is 85.0 Å². The van der Waals surface area contributed by atoms with Gasteiger partial charge < -0.3 is 4.42 Å². The van der Waals surface area contributed by atoms with E-state index in [1.165, 1.54) is 57.9 Å². The third kappa shape index (κ3) is 5.22. The van der Waals surface area contributed by atoms with E-state index < -0.39 is 0 Å². The van der Waals surface area contributed by atoms with Crippen LogP contribution in [0.25, 0.3) is 119 Å². The summed E-state index contributed by atoms with van der Waals surface area (Å²) < 4.78 is 11.1. The van der Waals surface area contributed by atoms with Crippen LogP contribution < -0.4 is 0 Å². The van der Waals surface area contributed by atoms with E-state index in [-0.39, 0.29) is 0 Å². The second kappa shape index (κ2) is 12.8. The fourth-order valence-electron chi connectivity index (χ4n) is 8.26. The number of hydrogen-bond donors (Lipinski definition) is 0. The van der Waals surface area contributed by atoms with Gasteiger partial charge in [0.05, 0.1) is 0 Å². The first-order chi connectivity index (χ1) is 28.2. The van der Waals surface area contributed by atoms with Gasteiger partial charge in [0.2, 0.25) is 0 Å². The van der Waals surface area contributed by atoms with Crippen LogP contribution in [-0.4, -0.2) is 15.0 Å². The highest BCUT2D eigenvalue weighted by molar-refractivity contribution is 7.27. The molecule has 0 fully saturated rings. The molecule has 8 aromatic carbocycles. The maximum absolute atomic E-state index is 6.19. The Morgan fingerprint density at radius 1 is 0.333 bits per heavy atom. The first-order valence-corrected chi connectivity index (χ1v) is 20.6. The fraction of sp³-hybridized carbons (Fsp3) is 0. The number of nitrogens with zero attached hydrogens (tertiary/aromatic N) is 3. The quantitative estimate of drug-likeness (QED) is 0.175. The molecule has 0 N–H and O–H groups in total.